The molecule has 0 saturated heterocycles. The zero-order valence-electron chi connectivity index (χ0n) is 11.1. The van der Waals surface area contributed by atoms with Crippen molar-refractivity contribution in [3.63, 3.8) is 0 Å². The maximum Gasteiger partial charge on any atom is 0.268 e. The molecule has 1 aliphatic carbocycles. The number of nitrogens with one attached hydrogen (secondary N) is 1. The Labute approximate surface area is 125 Å². The van der Waals surface area contributed by atoms with E-state index in [-0.39, 0.29) is 5.91 Å². The molecular formula is C14H15BrN4O. The van der Waals surface area contributed by atoms with Crippen LogP contribution in [0.15, 0.2) is 29.1 Å². The minimum absolute atomic E-state index is 0.0787. The van der Waals surface area contributed by atoms with E-state index in [2.05, 4.69) is 31.2 Å². The lowest BCUT2D eigenvalue weighted by molar-refractivity contribution is 0.0941. The summed E-state index contributed by atoms with van der Waals surface area (Å²) in [4.78, 5) is 20.6. The Morgan fingerprint density at radius 3 is 2.90 bits per heavy atom. The molecule has 0 atom stereocenters. The van der Waals surface area contributed by atoms with Gasteiger partial charge < -0.3 is 9.88 Å². The molecule has 0 aromatic carbocycles. The van der Waals surface area contributed by atoms with E-state index < -0.39 is 0 Å². The molecule has 0 aliphatic heterocycles. The van der Waals surface area contributed by atoms with Crippen molar-refractivity contribution in [2.45, 2.75) is 32.4 Å². The standard InChI is InChI=1S/C14H15BrN4O/c1-9-5-17-11(6-16-9)7-18-14(20)13-4-10(15)8-19(13)12-2-3-12/h4-6,8,12H,2-3,7H2,1H3,(H,18,20). The van der Waals surface area contributed by atoms with Gasteiger partial charge in [0, 0.05) is 22.9 Å². The zero-order chi connectivity index (χ0) is 14.1. The molecule has 0 spiro atoms. The van der Waals surface area contributed by atoms with Gasteiger partial charge in [0.2, 0.25) is 0 Å². The van der Waals surface area contributed by atoms with Gasteiger partial charge in [-0.25, -0.2) is 0 Å². The van der Waals surface area contributed by atoms with Crippen LogP contribution in [0.2, 0.25) is 0 Å². The number of carbonyl (C=O) groups excluding carboxylic acids is 1. The molecule has 1 saturated carbocycles. The molecule has 104 valence electrons. The number of aromatic nitrogens is 3. The first-order valence-electron chi connectivity index (χ1n) is 6.56. The lowest BCUT2D eigenvalue weighted by Gasteiger charge is -2.08. The third-order valence-electron chi connectivity index (χ3n) is 3.25. The highest BCUT2D eigenvalue weighted by Gasteiger charge is 2.27. The van der Waals surface area contributed by atoms with E-state index >= 15 is 0 Å². The molecule has 3 rings (SSSR count). The van der Waals surface area contributed by atoms with E-state index in [1.165, 1.54) is 0 Å². The first-order chi connectivity index (χ1) is 9.63. The summed E-state index contributed by atoms with van der Waals surface area (Å²) in [5, 5.41) is 2.89. The third kappa shape index (κ3) is 2.90. The molecule has 1 fully saturated rings. The molecule has 1 aliphatic rings. The predicted molar refractivity (Wildman–Crippen MR) is 78.3 cm³/mol. The second-order valence-electron chi connectivity index (χ2n) is 5.01. The number of nitrogens with zero attached hydrogens (tertiary/aromatic N) is 3. The summed E-state index contributed by atoms with van der Waals surface area (Å²) in [5.41, 5.74) is 2.32. The summed E-state index contributed by atoms with van der Waals surface area (Å²) in [6.45, 7) is 2.27. The van der Waals surface area contributed by atoms with E-state index in [4.69, 9.17) is 0 Å². The van der Waals surface area contributed by atoms with Gasteiger partial charge in [-0.15, -0.1) is 0 Å². The summed E-state index contributed by atoms with van der Waals surface area (Å²) in [6.07, 6.45) is 7.64. The highest BCUT2D eigenvalue weighted by molar-refractivity contribution is 9.10. The van der Waals surface area contributed by atoms with Gasteiger partial charge in [0.15, 0.2) is 0 Å². The SMILES string of the molecule is Cc1cnc(CNC(=O)c2cc(Br)cn2C2CC2)cn1. The number of rotatable bonds is 4. The van der Waals surface area contributed by atoms with Crippen LogP contribution in [0, 0.1) is 6.92 Å². The molecule has 0 bridgehead atoms. The maximum atomic E-state index is 12.3. The van der Waals surface area contributed by atoms with Gasteiger partial charge in [-0.1, -0.05) is 0 Å². The van der Waals surface area contributed by atoms with Crippen LogP contribution >= 0.6 is 15.9 Å². The molecule has 0 radical (unpaired) electrons. The maximum absolute atomic E-state index is 12.3. The van der Waals surface area contributed by atoms with Gasteiger partial charge in [0.1, 0.15) is 5.69 Å². The van der Waals surface area contributed by atoms with E-state index in [9.17, 15) is 4.79 Å². The van der Waals surface area contributed by atoms with Crippen LogP contribution < -0.4 is 5.32 Å². The summed E-state index contributed by atoms with van der Waals surface area (Å²) in [6, 6.07) is 2.33. The number of amides is 1. The number of hydrogen-bond donors (Lipinski definition) is 1. The van der Waals surface area contributed by atoms with Gasteiger partial charge in [-0.3, -0.25) is 14.8 Å². The minimum atomic E-state index is -0.0787. The lowest BCUT2D eigenvalue weighted by Crippen LogP contribution is -2.25. The number of hydrogen-bond acceptors (Lipinski definition) is 3. The summed E-state index contributed by atoms with van der Waals surface area (Å²) in [5.74, 6) is -0.0787. The topological polar surface area (TPSA) is 59.8 Å². The van der Waals surface area contributed by atoms with Crippen LogP contribution in [0.1, 0.15) is 40.8 Å². The molecule has 2 aromatic heterocycles. The van der Waals surface area contributed by atoms with E-state index in [0.717, 1.165) is 28.7 Å². The average Bonchev–Trinajstić information content (AvgIpc) is 3.20. The fourth-order valence-electron chi connectivity index (χ4n) is 2.05. The van der Waals surface area contributed by atoms with E-state index in [1.807, 2.05) is 23.8 Å². The van der Waals surface area contributed by atoms with Crippen LogP contribution in [0.5, 0.6) is 0 Å². The quantitative estimate of drug-likeness (QED) is 0.934. The summed E-state index contributed by atoms with van der Waals surface area (Å²) < 4.78 is 2.98. The Bertz CT molecular complexity index is 631. The van der Waals surface area contributed by atoms with Gasteiger partial charge >= 0.3 is 0 Å². The molecule has 0 unspecified atom stereocenters. The Morgan fingerprint density at radius 1 is 1.45 bits per heavy atom. The second-order valence-corrected chi connectivity index (χ2v) is 5.93. The molecule has 6 heteroatoms. The number of halogens is 1. The largest absolute Gasteiger partial charge is 0.345 e. The van der Waals surface area contributed by atoms with Gasteiger partial charge in [0.05, 0.1) is 24.1 Å². The molecule has 20 heavy (non-hydrogen) atoms. The first kappa shape index (κ1) is 13.3. The van der Waals surface area contributed by atoms with Crippen molar-refractivity contribution in [1.82, 2.24) is 19.9 Å². The fourth-order valence-corrected chi connectivity index (χ4v) is 2.49. The predicted octanol–water partition coefficient (Wildman–Crippen LogP) is 2.61. The lowest BCUT2D eigenvalue weighted by atomic mass is 10.3. The van der Waals surface area contributed by atoms with Crippen molar-refractivity contribution in [3.05, 3.63) is 46.2 Å². The van der Waals surface area contributed by atoms with E-state index in [1.54, 1.807) is 12.4 Å². The van der Waals surface area contributed by atoms with Crippen molar-refractivity contribution in [2.75, 3.05) is 0 Å². The average molecular weight is 335 g/mol. The Balaban J connectivity index is 1.68. The minimum Gasteiger partial charge on any atom is -0.345 e. The summed E-state index contributed by atoms with van der Waals surface area (Å²) >= 11 is 3.43. The third-order valence-corrected chi connectivity index (χ3v) is 3.69. The van der Waals surface area contributed by atoms with Gasteiger partial charge in [0.25, 0.3) is 5.91 Å². The van der Waals surface area contributed by atoms with Gasteiger partial charge in [-0.2, -0.15) is 0 Å². The van der Waals surface area contributed by atoms with Crippen molar-refractivity contribution >= 4 is 21.8 Å². The Kier molecular flexibility index (Phi) is 3.56. The normalized spacial score (nSPS) is 14.3. The molecule has 5 nitrogen and oxygen atoms in total. The zero-order valence-corrected chi connectivity index (χ0v) is 12.7. The smallest absolute Gasteiger partial charge is 0.268 e. The van der Waals surface area contributed by atoms with E-state index in [0.29, 0.717) is 18.3 Å². The molecule has 2 heterocycles. The van der Waals surface area contributed by atoms with Crippen molar-refractivity contribution in [3.8, 4) is 0 Å². The van der Waals surface area contributed by atoms with Crippen molar-refractivity contribution < 1.29 is 4.79 Å². The van der Waals surface area contributed by atoms with Crippen LogP contribution in [0.4, 0.5) is 0 Å². The highest BCUT2D eigenvalue weighted by atomic mass is 79.9. The highest BCUT2D eigenvalue weighted by Crippen LogP contribution is 2.37. The number of aryl methyl sites for hydroxylation is 1. The van der Waals surface area contributed by atoms with Gasteiger partial charge in [-0.05, 0) is 41.8 Å². The molecule has 1 amide bonds. The molecule has 2 aromatic rings. The molecule has 1 N–H and O–H groups in total. The molecular weight excluding hydrogens is 320 g/mol. The van der Waals surface area contributed by atoms with Crippen LogP contribution in [0.3, 0.4) is 0 Å². The Morgan fingerprint density at radius 2 is 2.25 bits per heavy atom. The first-order valence-corrected chi connectivity index (χ1v) is 7.36. The second kappa shape index (κ2) is 5.36. The van der Waals surface area contributed by atoms with Crippen LogP contribution in [-0.2, 0) is 6.54 Å². The fraction of sp³-hybridized carbons (Fsp3) is 0.357. The monoisotopic (exact) mass is 334 g/mol. The number of carbonyl (C=O) groups is 1. The van der Waals surface area contributed by atoms with Crippen LogP contribution in [0.25, 0.3) is 0 Å². The Hall–Kier alpha value is -1.69. The van der Waals surface area contributed by atoms with Crippen LogP contribution in [-0.4, -0.2) is 20.4 Å². The van der Waals surface area contributed by atoms with Crippen molar-refractivity contribution in [1.29, 1.82) is 0 Å². The summed E-state index contributed by atoms with van der Waals surface area (Å²) in [7, 11) is 0. The van der Waals surface area contributed by atoms with Crippen molar-refractivity contribution in [2.24, 2.45) is 0 Å².